The number of rotatable bonds is 2. The van der Waals surface area contributed by atoms with Crippen LogP contribution in [0.25, 0.3) is 10.1 Å². The predicted octanol–water partition coefficient (Wildman–Crippen LogP) is 1.19. The van der Waals surface area contributed by atoms with Crippen LogP contribution in [0.1, 0.15) is 4.88 Å². The summed E-state index contributed by atoms with van der Waals surface area (Å²) in [5.74, 6) is 0.813. The second-order valence-electron chi connectivity index (χ2n) is 2.64. The third-order valence-corrected chi connectivity index (χ3v) is 2.93. The van der Waals surface area contributed by atoms with Gasteiger partial charge in [0.1, 0.15) is 0 Å². The van der Waals surface area contributed by atoms with Crippen molar-refractivity contribution >= 4 is 27.2 Å². The molecule has 2 heterocycles. The minimum Gasteiger partial charge on any atom is -0.371 e. The van der Waals surface area contributed by atoms with Crippen LogP contribution in [0.15, 0.2) is 12.3 Å². The lowest BCUT2D eigenvalue weighted by Gasteiger charge is -1.96. The maximum atomic E-state index is 5.55. The second-order valence-corrected chi connectivity index (χ2v) is 3.81. The van der Waals surface area contributed by atoms with Crippen LogP contribution in [0, 0.1) is 0 Å². The summed E-state index contributed by atoms with van der Waals surface area (Å²) in [7, 11) is 1.84. The summed E-state index contributed by atoms with van der Waals surface area (Å²) in [5, 5.41) is 12.0. The lowest BCUT2D eigenvalue weighted by molar-refractivity contribution is 1.05. The third-order valence-electron chi connectivity index (χ3n) is 1.84. The summed E-state index contributed by atoms with van der Waals surface area (Å²) in [6.07, 6.45) is 1.76. The van der Waals surface area contributed by atoms with E-state index in [9.17, 15) is 0 Å². The van der Waals surface area contributed by atoms with Crippen LogP contribution in [0.5, 0.6) is 0 Å². The van der Waals surface area contributed by atoms with Gasteiger partial charge in [-0.3, -0.25) is 0 Å². The molecule has 0 aliphatic carbocycles. The van der Waals surface area contributed by atoms with Crippen molar-refractivity contribution in [1.29, 1.82) is 0 Å². The fourth-order valence-corrected chi connectivity index (χ4v) is 2.12. The molecule has 5 heteroatoms. The molecular weight excluding hydrogens is 184 g/mol. The maximum absolute atomic E-state index is 5.55. The number of fused-ring (bicyclic) bond motifs is 1. The first-order valence-electron chi connectivity index (χ1n) is 3.97. The Morgan fingerprint density at radius 2 is 2.46 bits per heavy atom. The van der Waals surface area contributed by atoms with Crippen molar-refractivity contribution in [3.8, 4) is 0 Å². The molecule has 0 aromatic carbocycles. The average Bonchev–Trinajstić information content (AvgIpc) is 2.59. The molecule has 0 aliphatic heterocycles. The van der Waals surface area contributed by atoms with Gasteiger partial charge in [0.2, 0.25) is 0 Å². The molecule has 0 radical (unpaired) electrons. The molecule has 0 saturated heterocycles. The van der Waals surface area contributed by atoms with Gasteiger partial charge in [-0.25, -0.2) is 0 Å². The molecule has 4 nitrogen and oxygen atoms in total. The molecule has 13 heavy (non-hydrogen) atoms. The Morgan fingerprint density at radius 1 is 1.62 bits per heavy atom. The van der Waals surface area contributed by atoms with E-state index in [0.717, 1.165) is 20.8 Å². The third kappa shape index (κ3) is 1.36. The quantitative estimate of drug-likeness (QED) is 0.753. The lowest BCUT2D eigenvalue weighted by Crippen LogP contribution is -1.93. The van der Waals surface area contributed by atoms with Crippen LogP contribution in [0.4, 0.5) is 5.82 Å². The molecule has 0 atom stereocenters. The zero-order valence-electron chi connectivity index (χ0n) is 7.24. The van der Waals surface area contributed by atoms with Crippen molar-refractivity contribution in [2.24, 2.45) is 5.73 Å². The van der Waals surface area contributed by atoms with E-state index in [1.165, 1.54) is 0 Å². The first-order chi connectivity index (χ1) is 6.35. The molecule has 2 rings (SSSR count). The van der Waals surface area contributed by atoms with Crippen LogP contribution in [0.2, 0.25) is 0 Å². The minimum atomic E-state index is 0.572. The Kier molecular flexibility index (Phi) is 2.12. The summed E-state index contributed by atoms with van der Waals surface area (Å²) in [6, 6.07) is 2.06. The predicted molar refractivity (Wildman–Crippen MR) is 54.9 cm³/mol. The van der Waals surface area contributed by atoms with E-state index in [1.54, 1.807) is 17.5 Å². The van der Waals surface area contributed by atoms with Crippen LogP contribution < -0.4 is 11.1 Å². The fourth-order valence-electron chi connectivity index (χ4n) is 1.22. The highest BCUT2D eigenvalue weighted by atomic mass is 32.1. The Bertz CT molecular complexity index is 423. The molecule has 0 amide bonds. The number of nitrogens with one attached hydrogen (secondary N) is 1. The summed E-state index contributed by atoms with van der Waals surface area (Å²) in [6.45, 7) is 0.572. The molecule has 3 N–H and O–H groups in total. The van der Waals surface area contributed by atoms with E-state index >= 15 is 0 Å². The van der Waals surface area contributed by atoms with E-state index < -0.39 is 0 Å². The van der Waals surface area contributed by atoms with E-state index in [1.807, 2.05) is 7.05 Å². The van der Waals surface area contributed by atoms with Crippen LogP contribution in [-0.2, 0) is 6.54 Å². The first-order valence-corrected chi connectivity index (χ1v) is 4.78. The van der Waals surface area contributed by atoms with E-state index in [0.29, 0.717) is 6.54 Å². The van der Waals surface area contributed by atoms with Crippen LogP contribution in [0.3, 0.4) is 0 Å². The number of aromatic nitrogens is 2. The summed E-state index contributed by atoms with van der Waals surface area (Å²) in [5.41, 5.74) is 5.55. The molecule has 2 aromatic rings. The Labute approximate surface area is 79.8 Å². The number of hydrogen-bond acceptors (Lipinski definition) is 5. The molecule has 0 spiro atoms. The number of hydrogen-bond donors (Lipinski definition) is 2. The average molecular weight is 194 g/mol. The highest BCUT2D eigenvalue weighted by Crippen LogP contribution is 2.28. The molecule has 0 unspecified atom stereocenters. The van der Waals surface area contributed by atoms with Crippen molar-refractivity contribution in [1.82, 2.24) is 10.2 Å². The van der Waals surface area contributed by atoms with Crippen molar-refractivity contribution in [3.05, 3.63) is 17.1 Å². The summed E-state index contributed by atoms with van der Waals surface area (Å²) < 4.78 is 1.12. The van der Waals surface area contributed by atoms with Crippen molar-refractivity contribution in [2.75, 3.05) is 12.4 Å². The summed E-state index contributed by atoms with van der Waals surface area (Å²) in [4.78, 5) is 1.15. The smallest absolute Gasteiger partial charge is 0.157 e. The van der Waals surface area contributed by atoms with E-state index in [-0.39, 0.29) is 0 Å². The fraction of sp³-hybridized carbons (Fsp3) is 0.250. The molecule has 0 aliphatic rings. The first kappa shape index (κ1) is 8.40. The van der Waals surface area contributed by atoms with Crippen LogP contribution in [-0.4, -0.2) is 17.2 Å². The Hall–Kier alpha value is -1.20. The monoisotopic (exact) mass is 194 g/mol. The SMILES string of the molecule is CNc1nncc2sc(CN)cc12. The van der Waals surface area contributed by atoms with Gasteiger partial charge in [0.15, 0.2) is 5.82 Å². The highest BCUT2D eigenvalue weighted by molar-refractivity contribution is 7.19. The van der Waals surface area contributed by atoms with Crippen molar-refractivity contribution < 1.29 is 0 Å². The molecule has 2 aromatic heterocycles. The van der Waals surface area contributed by atoms with Gasteiger partial charge in [0, 0.05) is 23.9 Å². The maximum Gasteiger partial charge on any atom is 0.157 e. The zero-order chi connectivity index (χ0) is 9.26. The van der Waals surface area contributed by atoms with Crippen molar-refractivity contribution in [3.63, 3.8) is 0 Å². The van der Waals surface area contributed by atoms with Crippen LogP contribution >= 0.6 is 11.3 Å². The van der Waals surface area contributed by atoms with E-state index in [2.05, 4.69) is 21.6 Å². The van der Waals surface area contributed by atoms with Crippen molar-refractivity contribution in [2.45, 2.75) is 6.54 Å². The normalized spacial score (nSPS) is 10.6. The number of nitrogens with two attached hydrogens (primary N) is 1. The Morgan fingerprint density at radius 3 is 3.15 bits per heavy atom. The Balaban J connectivity index is 2.67. The van der Waals surface area contributed by atoms with Gasteiger partial charge in [-0.1, -0.05) is 0 Å². The molecule has 0 saturated carbocycles. The molecular formula is C8H10N4S. The molecule has 0 fully saturated rings. The second kappa shape index (κ2) is 3.27. The number of nitrogens with zero attached hydrogens (tertiary/aromatic N) is 2. The standard InChI is InChI=1S/C8H10N4S/c1-10-8-6-2-5(3-9)13-7(6)4-11-12-8/h2,4H,3,9H2,1H3,(H,10,12). The highest BCUT2D eigenvalue weighted by Gasteiger charge is 2.05. The summed E-state index contributed by atoms with van der Waals surface area (Å²) >= 11 is 1.66. The largest absolute Gasteiger partial charge is 0.371 e. The van der Waals surface area contributed by atoms with Gasteiger partial charge in [-0.2, -0.15) is 5.10 Å². The number of anilines is 1. The minimum absolute atomic E-state index is 0.572. The van der Waals surface area contributed by atoms with Gasteiger partial charge < -0.3 is 11.1 Å². The molecule has 0 bridgehead atoms. The van der Waals surface area contributed by atoms with Gasteiger partial charge in [0.05, 0.1) is 10.9 Å². The topological polar surface area (TPSA) is 63.8 Å². The van der Waals surface area contributed by atoms with Gasteiger partial charge >= 0.3 is 0 Å². The number of thiophene rings is 1. The lowest BCUT2D eigenvalue weighted by atomic mass is 10.3. The van der Waals surface area contributed by atoms with Gasteiger partial charge in [-0.15, -0.1) is 16.4 Å². The van der Waals surface area contributed by atoms with E-state index in [4.69, 9.17) is 5.73 Å². The van der Waals surface area contributed by atoms with Gasteiger partial charge in [-0.05, 0) is 6.07 Å². The molecule has 68 valence electrons. The van der Waals surface area contributed by atoms with Gasteiger partial charge in [0.25, 0.3) is 0 Å². The zero-order valence-corrected chi connectivity index (χ0v) is 8.06.